The number of aryl methyl sites for hydroxylation is 2. The molecule has 2 aromatic rings. The van der Waals surface area contributed by atoms with Gasteiger partial charge < -0.3 is 9.30 Å². The number of carbonyl (C=O) groups excluding carboxylic acids is 2. The van der Waals surface area contributed by atoms with Crippen molar-refractivity contribution in [2.75, 3.05) is 25.4 Å². The van der Waals surface area contributed by atoms with E-state index in [9.17, 15) is 18.0 Å². The first-order chi connectivity index (χ1) is 14.7. The number of Topliss-reactive ketones (excluding diaryl/α,β-unsaturated/α-hetero) is 1. The maximum Gasteiger partial charge on any atom is 0.309 e. The van der Waals surface area contributed by atoms with Crippen LogP contribution in [0.4, 0.5) is 0 Å². The van der Waals surface area contributed by atoms with Gasteiger partial charge in [-0.2, -0.15) is 0 Å². The number of nitrogens with zero attached hydrogens (tertiary/aromatic N) is 2. The second kappa shape index (κ2) is 10.1. The highest BCUT2D eigenvalue weighted by molar-refractivity contribution is 7.89. The summed E-state index contributed by atoms with van der Waals surface area (Å²) < 4.78 is 32.7. The van der Waals surface area contributed by atoms with E-state index in [0.717, 1.165) is 24.4 Å². The summed E-state index contributed by atoms with van der Waals surface area (Å²) in [6.45, 7) is 6.64. The number of rotatable bonds is 9. The Balaban J connectivity index is 1.53. The Hall–Kier alpha value is -1.97. The molecule has 0 amide bonds. The molecule has 3 rings (SSSR count). The van der Waals surface area contributed by atoms with Gasteiger partial charge in [-0.1, -0.05) is 6.07 Å². The van der Waals surface area contributed by atoms with Crippen molar-refractivity contribution in [3.63, 3.8) is 0 Å². The predicted molar refractivity (Wildman–Crippen MR) is 121 cm³/mol. The fraction of sp³-hybridized carbons (Fsp3) is 0.545. The van der Waals surface area contributed by atoms with Crippen LogP contribution in [0.3, 0.4) is 0 Å². The van der Waals surface area contributed by atoms with Gasteiger partial charge in [-0.3, -0.25) is 9.59 Å². The summed E-state index contributed by atoms with van der Waals surface area (Å²) in [5.41, 5.74) is 2.47. The van der Waals surface area contributed by atoms with Crippen LogP contribution in [-0.4, -0.2) is 54.5 Å². The Morgan fingerprint density at radius 2 is 1.94 bits per heavy atom. The largest absolute Gasteiger partial charge is 0.457 e. The van der Waals surface area contributed by atoms with E-state index in [2.05, 4.69) is 16.0 Å². The first-order valence-corrected chi connectivity index (χ1v) is 13.1. The van der Waals surface area contributed by atoms with Gasteiger partial charge in [0.2, 0.25) is 15.8 Å². The van der Waals surface area contributed by atoms with Crippen molar-refractivity contribution in [1.29, 1.82) is 0 Å². The van der Waals surface area contributed by atoms with Crippen LogP contribution in [0.2, 0.25) is 0 Å². The highest BCUT2D eigenvalue weighted by Gasteiger charge is 2.31. The second-order valence-corrected chi connectivity index (χ2v) is 11.2. The average Bonchev–Trinajstić information content (AvgIpc) is 3.38. The molecule has 1 saturated heterocycles. The normalized spacial score (nSPS) is 15.8. The molecule has 31 heavy (non-hydrogen) atoms. The first-order valence-electron chi connectivity index (χ1n) is 10.6. The molecule has 1 aliphatic heterocycles. The van der Waals surface area contributed by atoms with E-state index >= 15 is 0 Å². The van der Waals surface area contributed by atoms with Crippen molar-refractivity contribution in [2.45, 2.75) is 46.6 Å². The lowest BCUT2D eigenvalue weighted by Crippen LogP contribution is -2.41. The molecule has 2 aromatic heterocycles. The summed E-state index contributed by atoms with van der Waals surface area (Å²) in [7, 11) is -3.23. The van der Waals surface area contributed by atoms with Gasteiger partial charge in [0.15, 0.2) is 6.61 Å². The fourth-order valence-corrected chi connectivity index (χ4v) is 5.82. The minimum atomic E-state index is -3.23. The molecular formula is C22H30N2O5S2. The average molecular weight is 467 g/mol. The number of carbonyl (C=O) groups is 2. The summed E-state index contributed by atoms with van der Waals surface area (Å²) in [4.78, 5) is 26.4. The molecule has 1 aliphatic rings. The van der Waals surface area contributed by atoms with E-state index in [1.807, 2.05) is 26.0 Å². The quantitative estimate of drug-likeness (QED) is 0.418. The number of hydrogen-bond acceptors (Lipinski definition) is 6. The summed E-state index contributed by atoms with van der Waals surface area (Å²) in [5.74, 6) is -0.944. The first kappa shape index (κ1) is 23.7. The zero-order chi connectivity index (χ0) is 22.6. The van der Waals surface area contributed by atoms with E-state index in [1.165, 1.54) is 9.18 Å². The second-order valence-electron chi connectivity index (χ2n) is 7.87. The Labute approximate surface area is 188 Å². The lowest BCUT2D eigenvalue weighted by molar-refractivity contribution is -0.148. The molecule has 3 heterocycles. The number of sulfonamides is 1. The summed E-state index contributed by atoms with van der Waals surface area (Å²) in [5, 5.41) is 2.06. The van der Waals surface area contributed by atoms with E-state index in [4.69, 9.17) is 4.74 Å². The molecule has 0 aromatic carbocycles. The van der Waals surface area contributed by atoms with Gasteiger partial charge in [0.25, 0.3) is 0 Å². The Morgan fingerprint density at radius 1 is 1.23 bits per heavy atom. The van der Waals surface area contributed by atoms with Crippen molar-refractivity contribution in [1.82, 2.24) is 8.87 Å². The number of piperidine rings is 1. The van der Waals surface area contributed by atoms with Gasteiger partial charge in [0.05, 0.1) is 11.7 Å². The molecule has 0 bridgehead atoms. The van der Waals surface area contributed by atoms with Gasteiger partial charge in [-0.05, 0) is 57.5 Å². The smallest absolute Gasteiger partial charge is 0.309 e. The lowest BCUT2D eigenvalue weighted by Gasteiger charge is -2.29. The number of esters is 1. The highest BCUT2D eigenvalue weighted by Crippen LogP contribution is 2.22. The van der Waals surface area contributed by atoms with E-state index < -0.39 is 16.0 Å². The topological polar surface area (TPSA) is 85.7 Å². The van der Waals surface area contributed by atoms with Crippen LogP contribution < -0.4 is 0 Å². The minimum Gasteiger partial charge on any atom is -0.457 e. The fourth-order valence-electron chi connectivity index (χ4n) is 3.99. The SMILES string of the molecule is CCS(=O)(=O)N1CCC(C(=O)OCC(=O)c2cc(C)n(CCc3cccs3)c2C)CC1. The molecule has 0 radical (unpaired) electrons. The minimum absolute atomic E-state index is 0.0579. The molecule has 0 aliphatic carbocycles. The molecule has 7 nitrogen and oxygen atoms in total. The molecule has 0 N–H and O–H groups in total. The Morgan fingerprint density at radius 3 is 2.55 bits per heavy atom. The third kappa shape index (κ3) is 5.64. The molecule has 0 saturated carbocycles. The van der Waals surface area contributed by atoms with E-state index in [0.29, 0.717) is 31.5 Å². The standard InChI is InChI=1S/C22H30N2O5S2/c1-4-31(27,28)23-10-7-18(8-11-23)22(26)29-15-21(25)20-14-16(2)24(17(20)3)12-9-19-6-5-13-30-19/h5-6,13-14,18H,4,7-12,15H2,1-3H3. The van der Waals surface area contributed by atoms with Crippen molar-refractivity contribution < 1.29 is 22.7 Å². The van der Waals surface area contributed by atoms with Gasteiger partial charge in [-0.15, -0.1) is 11.3 Å². The molecule has 170 valence electrons. The summed E-state index contributed by atoms with van der Waals surface area (Å²) in [6.07, 6.45) is 1.75. The van der Waals surface area contributed by atoms with Gasteiger partial charge in [0.1, 0.15) is 0 Å². The Bertz CT molecular complexity index is 1020. The third-order valence-corrected chi connectivity index (χ3v) is 8.74. The predicted octanol–water partition coefficient (Wildman–Crippen LogP) is 3.20. The van der Waals surface area contributed by atoms with E-state index in [-0.39, 0.29) is 24.1 Å². The van der Waals surface area contributed by atoms with Crippen LogP contribution in [0.5, 0.6) is 0 Å². The maximum atomic E-state index is 12.7. The Kier molecular flexibility index (Phi) is 7.72. The van der Waals surface area contributed by atoms with Crippen molar-refractivity contribution in [3.8, 4) is 0 Å². The molecule has 0 atom stereocenters. The van der Waals surface area contributed by atoms with Gasteiger partial charge >= 0.3 is 5.97 Å². The van der Waals surface area contributed by atoms with Crippen molar-refractivity contribution >= 4 is 33.1 Å². The number of thiophene rings is 1. The zero-order valence-corrected chi connectivity index (χ0v) is 19.9. The highest BCUT2D eigenvalue weighted by atomic mass is 32.2. The third-order valence-electron chi connectivity index (χ3n) is 5.93. The number of aromatic nitrogens is 1. The zero-order valence-electron chi connectivity index (χ0n) is 18.3. The van der Waals surface area contributed by atoms with Crippen LogP contribution >= 0.6 is 11.3 Å². The van der Waals surface area contributed by atoms with Crippen molar-refractivity contribution in [2.24, 2.45) is 5.92 Å². The number of ketones is 1. The molecular weight excluding hydrogens is 436 g/mol. The van der Waals surface area contributed by atoms with Crippen LogP contribution in [0.15, 0.2) is 23.6 Å². The van der Waals surface area contributed by atoms with Crippen LogP contribution in [0.25, 0.3) is 0 Å². The lowest BCUT2D eigenvalue weighted by atomic mass is 9.98. The van der Waals surface area contributed by atoms with E-state index in [1.54, 1.807) is 18.3 Å². The summed E-state index contributed by atoms with van der Waals surface area (Å²) >= 11 is 1.72. The number of hydrogen-bond donors (Lipinski definition) is 0. The van der Waals surface area contributed by atoms with Crippen LogP contribution in [-0.2, 0) is 32.5 Å². The number of ether oxygens (including phenoxy) is 1. The molecule has 0 spiro atoms. The van der Waals surface area contributed by atoms with Crippen LogP contribution in [0.1, 0.15) is 46.4 Å². The van der Waals surface area contributed by atoms with Crippen molar-refractivity contribution in [3.05, 3.63) is 45.4 Å². The van der Waals surface area contributed by atoms with Crippen LogP contribution in [0, 0.1) is 19.8 Å². The maximum absolute atomic E-state index is 12.7. The monoisotopic (exact) mass is 466 g/mol. The van der Waals surface area contributed by atoms with Gasteiger partial charge in [0, 0.05) is 41.5 Å². The molecule has 0 unspecified atom stereocenters. The summed E-state index contributed by atoms with van der Waals surface area (Å²) in [6, 6.07) is 5.99. The molecule has 1 fully saturated rings. The van der Waals surface area contributed by atoms with Gasteiger partial charge in [-0.25, -0.2) is 12.7 Å². The molecule has 9 heteroatoms.